The molecule has 0 amide bonds. The first kappa shape index (κ1) is 15.0. The lowest BCUT2D eigenvalue weighted by atomic mass is 9.81. The van der Waals surface area contributed by atoms with E-state index in [1.165, 1.54) is 0 Å². The van der Waals surface area contributed by atoms with E-state index in [4.69, 9.17) is 0 Å². The Hall–Kier alpha value is -1.95. The summed E-state index contributed by atoms with van der Waals surface area (Å²) in [6.07, 6.45) is 2.70. The first-order valence-corrected chi connectivity index (χ1v) is 7.62. The molecule has 0 bridgehead atoms. The first-order valence-electron chi connectivity index (χ1n) is 7.62. The molecule has 1 saturated heterocycles. The van der Waals surface area contributed by atoms with Gasteiger partial charge in [-0.3, -0.25) is 19.8 Å². The highest BCUT2D eigenvalue weighted by Crippen LogP contribution is 2.49. The third-order valence-electron chi connectivity index (χ3n) is 5.24. The fourth-order valence-electron chi connectivity index (χ4n) is 4.07. The molecule has 1 heterocycles. The topological polar surface area (TPSA) is 83.7 Å². The lowest BCUT2D eigenvalue weighted by Crippen LogP contribution is -2.35. The molecule has 1 N–H and O–H groups in total. The van der Waals surface area contributed by atoms with E-state index >= 15 is 0 Å². The van der Waals surface area contributed by atoms with Gasteiger partial charge in [-0.1, -0.05) is 18.6 Å². The van der Waals surface area contributed by atoms with Crippen LogP contribution in [0.5, 0.6) is 0 Å². The number of benzene rings is 1. The summed E-state index contributed by atoms with van der Waals surface area (Å²) in [6.45, 7) is 3.62. The highest BCUT2D eigenvalue weighted by atomic mass is 16.6. The number of nitro groups is 1. The molecule has 1 aromatic rings. The van der Waals surface area contributed by atoms with Gasteiger partial charge in [-0.2, -0.15) is 0 Å². The summed E-state index contributed by atoms with van der Waals surface area (Å²) >= 11 is 0. The number of rotatable bonds is 4. The molecule has 1 aliphatic carbocycles. The SMILES string of the molecule is Cc1ccc(CN2C[C@@H]3CCC[C@@]3(C(=O)O)C2)cc1[N+](=O)[O-]. The number of fused-ring (bicyclic) bond motifs is 1. The van der Waals surface area contributed by atoms with Gasteiger partial charge in [0.15, 0.2) is 0 Å². The Labute approximate surface area is 128 Å². The van der Waals surface area contributed by atoms with E-state index < -0.39 is 11.4 Å². The van der Waals surface area contributed by atoms with Crippen LogP contribution in [0.2, 0.25) is 0 Å². The number of carbonyl (C=O) groups is 1. The molecule has 2 aliphatic rings. The molecule has 118 valence electrons. The van der Waals surface area contributed by atoms with Crippen molar-refractivity contribution in [3.63, 3.8) is 0 Å². The fraction of sp³-hybridized carbons (Fsp3) is 0.562. The summed E-state index contributed by atoms with van der Waals surface area (Å²) < 4.78 is 0. The molecule has 6 heteroatoms. The van der Waals surface area contributed by atoms with Gasteiger partial charge in [0.25, 0.3) is 5.69 Å². The van der Waals surface area contributed by atoms with Crippen LogP contribution in [-0.4, -0.2) is 34.0 Å². The number of likely N-dealkylation sites (tertiary alicyclic amines) is 1. The van der Waals surface area contributed by atoms with E-state index in [2.05, 4.69) is 4.90 Å². The second kappa shape index (κ2) is 5.35. The number of nitrogens with zero attached hydrogens (tertiary/aromatic N) is 2. The summed E-state index contributed by atoms with van der Waals surface area (Å²) in [7, 11) is 0. The van der Waals surface area contributed by atoms with Gasteiger partial charge in [0.1, 0.15) is 0 Å². The van der Waals surface area contributed by atoms with Crippen LogP contribution in [0.15, 0.2) is 18.2 Å². The quantitative estimate of drug-likeness (QED) is 0.682. The van der Waals surface area contributed by atoms with E-state index in [-0.39, 0.29) is 16.5 Å². The van der Waals surface area contributed by atoms with E-state index in [1.807, 2.05) is 6.07 Å². The summed E-state index contributed by atoms with van der Waals surface area (Å²) in [5.74, 6) is -0.474. The highest BCUT2D eigenvalue weighted by Gasteiger charge is 2.54. The molecule has 1 aliphatic heterocycles. The van der Waals surface area contributed by atoms with Gasteiger partial charge < -0.3 is 5.11 Å². The molecule has 0 spiro atoms. The number of hydrogen-bond donors (Lipinski definition) is 1. The minimum atomic E-state index is -0.688. The van der Waals surface area contributed by atoms with Gasteiger partial charge in [-0.15, -0.1) is 0 Å². The van der Waals surface area contributed by atoms with Crippen LogP contribution < -0.4 is 0 Å². The summed E-state index contributed by atoms with van der Waals surface area (Å²) in [5.41, 5.74) is 1.05. The largest absolute Gasteiger partial charge is 0.481 e. The molecular formula is C16H20N2O4. The molecule has 6 nitrogen and oxygen atoms in total. The van der Waals surface area contributed by atoms with Crippen LogP contribution >= 0.6 is 0 Å². The maximum Gasteiger partial charge on any atom is 0.311 e. The zero-order valence-corrected chi connectivity index (χ0v) is 12.6. The highest BCUT2D eigenvalue weighted by molar-refractivity contribution is 5.76. The monoisotopic (exact) mass is 304 g/mol. The van der Waals surface area contributed by atoms with Crippen molar-refractivity contribution >= 4 is 11.7 Å². The zero-order valence-electron chi connectivity index (χ0n) is 12.6. The predicted molar refractivity (Wildman–Crippen MR) is 80.5 cm³/mol. The van der Waals surface area contributed by atoms with Crippen molar-refractivity contribution in [3.8, 4) is 0 Å². The number of aliphatic carboxylic acids is 1. The average Bonchev–Trinajstić information content (AvgIpc) is 2.98. The van der Waals surface area contributed by atoms with Gasteiger partial charge in [0, 0.05) is 31.3 Å². The third kappa shape index (κ3) is 2.37. The lowest BCUT2D eigenvalue weighted by molar-refractivity contribution is -0.385. The Morgan fingerprint density at radius 3 is 2.95 bits per heavy atom. The maximum absolute atomic E-state index is 11.7. The van der Waals surface area contributed by atoms with Crippen molar-refractivity contribution < 1.29 is 14.8 Å². The van der Waals surface area contributed by atoms with Crippen molar-refractivity contribution in [2.24, 2.45) is 11.3 Å². The van der Waals surface area contributed by atoms with Gasteiger partial charge in [0.2, 0.25) is 0 Å². The molecule has 1 saturated carbocycles. The number of nitro benzene ring substituents is 1. The van der Waals surface area contributed by atoms with Crippen molar-refractivity contribution in [1.29, 1.82) is 0 Å². The van der Waals surface area contributed by atoms with Gasteiger partial charge in [0.05, 0.1) is 10.3 Å². The third-order valence-corrected chi connectivity index (χ3v) is 5.24. The Morgan fingerprint density at radius 2 is 2.32 bits per heavy atom. The Balaban J connectivity index is 1.77. The van der Waals surface area contributed by atoms with Crippen molar-refractivity contribution in [2.45, 2.75) is 32.7 Å². The Kier molecular flexibility index (Phi) is 3.64. The lowest BCUT2D eigenvalue weighted by Gasteiger charge is -2.23. The smallest absolute Gasteiger partial charge is 0.311 e. The van der Waals surface area contributed by atoms with Gasteiger partial charge in [-0.25, -0.2) is 0 Å². The molecule has 0 aromatic heterocycles. The molecular weight excluding hydrogens is 284 g/mol. The van der Waals surface area contributed by atoms with E-state index in [0.29, 0.717) is 18.7 Å². The molecule has 2 fully saturated rings. The first-order chi connectivity index (χ1) is 10.4. The van der Waals surface area contributed by atoms with Crippen LogP contribution in [0.3, 0.4) is 0 Å². The summed E-state index contributed by atoms with van der Waals surface area (Å²) in [5, 5.41) is 20.6. The van der Waals surface area contributed by atoms with E-state index in [0.717, 1.165) is 31.4 Å². The molecule has 22 heavy (non-hydrogen) atoms. The van der Waals surface area contributed by atoms with Crippen molar-refractivity contribution in [1.82, 2.24) is 4.90 Å². The van der Waals surface area contributed by atoms with Crippen molar-refractivity contribution in [2.75, 3.05) is 13.1 Å². The minimum Gasteiger partial charge on any atom is -0.481 e. The second-order valence-electron chi connectivity index (χ2n) is 6.60. The Morgan fingerprint density at radius 1 is 1.55 bits per heavy atom. The number of carboxylic acids is 1. The standard InChI is InChI=1S/C16H20N2O4/c1-11-4-5-12(7-14(11)18(21)22)8-17-9-13-3-2-6-16(13,10-17)15(19)20/h4-5,7,13H,2-3,6,8-10H2,1H3,(H,19,20)/t13-,16+/m0/s1. The predicted octanol–water partition coefficient (Wildman–Crippen LogP) is 2.59. The van der Waals surface area contributed by atoms with Gasteiger partial charge >= 0.3 is 5.97 Å². The molecule has 0 unspecified atom stereocenters. The minimum absolute atomic E-state index is 0.129. The van der Waals surface area contributed by atoms with E-state index in [9.17, 15) is 20.0 Å². The van der Waals surface area contributed by atoms with Crippen LogP contribution in [0.4, 0.5) is 5.69 Å². The Bertz CT molecular complexity index is 631. The maximum atomic E-state index is 11.7. The average molecular weight is 304 g/mol. The van der Waals surface area contributed by atoms with Crippen LogP contribution in [0.1, 0.15) is 30.4 Å². The van der Waals surface area contributed by atoms with Crippen LogP contribution in [-0.2, 0) is 11.3 Å². The van der Waals surface area contributed by atoms with Crippen LogP contribution in [0.25, 0.3) is 0 Å². The number of carboxylic acid groups (broad SMARTS) is 1. The normalized spacial score (nSPS) is 27.8. The second-order valence-corrected chi connectivity index (χ2v) is 6.60. The molecule has 1 aromatic carbocycles. The fourth-order valence-corrected chi connectivity index (χ4v) is 4.07. The summed E-state index contributed by atoms with van der Waals surface area (Å²) in [6, 6.07) is 5.26. The van der Waals surface area contributed by atoms with Gasteiger partial charge in [-0.05, 0) is 31.2 Å². The number of aryl methyl sites for hydroxylation is 1. The summed E-state index contributed by atoms with van der Waals surface area (Å²) in [4.78, 5) is 24.5. The van der Waals surface area contributed by atoms with E-state index in [1.54, 1.807) is 19.1 Å². The molecule has 3 rings (SSSR count). The molecule has 0 radical (unpaired) electrons. The van der Waals surface area contributed by atoms with Crippen molar-refractivity contribution in [3.05, 3.63) is 39.4 Å². The van der Waals surface area contributed by atoms with Crippen LogP contribution in [0, 0.1) is 28.4 Å². The number of hydrogen-bond acceptors (Lipinski definition) is 4. The molecule has 2 atom stereocenters. The zero-order chi connectivity index (χ0) is 15.9.